The summed E-state index contributed by atoms with van der Waals surface area (Å²) in [5.74, 6) is 6.86. The van der Waals surface area contributed by atoms with Crippen molar-refractivity contribution in [3.63, 3.8) is 0 Å². The Morgan fingerprint density at radius 1 is 1.06 bits per heavy atom. The zero-order valence-corrected chi connectivity index (χ0v) is 19.8. The molecule has 1 fully saturated rings. The monoisotopic (exact) mass is 470 g/mol. The topological polar surface area (TPSA) is 93.0 Å². The molecule has 8 nitrogen and oxygen atoms in total. The number of ether oxygens (including phenoxy) is 3. The van der Waals surface area contributed by atoms with Crippen molar-refractivity contribution >= 4 is 16.9 Å². The number of methoxy groups -OCH3 is 2. The number of nitrogens with two attached hydrogens (primary N) is 1. The lowest BCUT2D eigenvalue weighted by Gasteiger charge is -2.28. The molecule has 1 aliphatic carbocycles. The van der Waals surface area contributed by atoms with Crippen LogP contribution in [0.1, 0.15) is 31.2 Å². The molecule has 1 saturated carbocycles. The van der Waals surface area contributed by atoms with E-state index in [2.05, 4.69) is 5.10 Å². The van der Waals surface area contributed by atoms with Gasteiger partial charge in [0, 0.05) is 25.2 Å². The zero-order valence-electron chi connectivity index (χ0n) is 19.8. The minimum absolute atomic E-state index is 0.00997. The Morgan fingerprint density at radius 3 is 2.44 bits per heavy atom. The van der Waals surface area contributed by atoms with Gasteiger partial charge in [-0.25, -0.2) is 9.18 Å². The van der Waals surface area contributed by atoms with Gasteiger partial charge in [0.1, 0.15) is 5.75 Å². The van der Waals surface area contributed by atoms with Crippen LogP contribution in [0.2, 0.25) is 0 Å². The van der Waals surface area contributed by atoms with Crippen LogP contribution in [0.4, 0.5) is 4.39 Å². The number of benzene rings is 2. The van der Waals surface area contributed by atoms with E-state index in [0.717, 1.165) is 42.5 Å². The van der Waals surface area contributed by atoms with Gasteiger partial charge in [0.05, 0.1) is 31.9 Å². The number of fused-ring (bicyclic) bond motifs is 1. The maximum atomic E-state index is 14.0. The van der Waals surface area contributed by atoms with Gasteiger partial charge in [0.15, 0.2) is 11.6 Å². The van der Waals surface area contributed by atoms with Gasteiger partial charge in [-0.15, -0.1) is 5.10 Å². The molecule has 34 heavy (non-hydrogen) atoms. The Balaban J connectivity index is 1.35. The van der Waals surface area contributed by atoms with E-state index in [1.165, 1.54) is 19.2 Å². The van der Waals surface area contributed by atoms with E-state index in [4.69, 9.17) is 20.1 Å². The van der Waals surface area contributed by atoms with E-state index in [-0.39, 0.29) is 17.3 Å². The van der Waals surface area contributed by atoms with Crippen molar-refractivity contribution in [1.29, 1.82) is 0 Å². The van der Waals surface area contributed by atoms with Crippen LogP contribution < -0.4 is 21.0 Å². The fourth-order valence-corrected chi connectivity index (χ4v) is 4.72. The Bertz CT molecular complexity index is 1240. The maximum Gasteiger partial charge on any atom is 0.328 e. The van der Waals surface area contributed by atoms with Crippen molar-refractivity contribution in [1.82, 2.24) is 9.13 Å². The van der Waals surface area contributed by atoms with Crippen LogP contribution in [0.15, 0.2) is 46.3 Å². The molecule has 0 unspecified atom stereocenters. The lowest BCUT2D eigenvalue weighted by molar-refractivity contribution is 0.168. The minimum Gasteiger partial charge on any atom is -0.497 e. The highest BCUT2D eigenvalue weighted by atomic mass is 19.1. The van der Waals surface area contributed by atoms with Gasteiger partial charge >= 0.3 is 5.69 Å². The molecule has 2 aromatic carbocycles. The number of halogens is 1. The predicted molar refractivity (Wildman–Crippen MR) is 129 cm³/mol. The molecular weight excluding hydrogens is 439 g/mol. The van der Waals surface area contributed by atoms with Crippen LogP contribution in [-0.4, -0.2) is 35.9 Å². The normalized spacial score (nSPS) is 18.8. The second-order valence-electron chi connectivity index (χ2n) is 8.79. The summed E-state index contributed by atoms with van der Waals surface area (Å²) in [5, 5.41) is 3.70. The van der Waals surface area contributed by atoms with Crippen molar-refractivity contribution in [2.24, 2.45) is 29.8 Å². The summed E-state index contributed by atoms with van der Waals surface area (Å²) in [6.45, 7) is 1.14. The van der Waals surface area contributed by atoms with Crippen LogP contribution >= 0.6 is 0 Å². The third-order valence-corrected chi connectivity index (χ3v) is 6.73. The molecule has 1 aromatic heterocycles. The fourth-order valence-electron chi connectivity index (χ4n) is 4.72. The third kappa shape index (κ3) is 4.73. The molecule has 1 aliphatic rings. The highest BCUT2D eigenvalue weighted by molar-refractivity contribution is 5.94. The number of aromatic nitrogens is 2. The molecule has 0 radical (unpaired) electrons. The highest BCUT2D eigenvalue weighted by Gasteiger charge is 2.24. The average molecular weight is 471 g/mol. The molecular formula is C25H31FN4O4. The number of rotatable bonds is 7. The second-order valence-corrected chi connectivity index (χ2v) is 8.79. The molecule has 182 valence electrons. The zero-order chi connectivity index (χ0) is 24.2. The maximum absolute atomic E-state index is 14.0. The molecule has 0 bridgehead atoms. The molecule has 0 aliphatic heterocycles. The van der Waals surface area contributed by atoms with Gasteiger partial charge in [0.2, 0.25) is 5.90 Å². The van der Waals surface area contributed by atoms with Crippen molar-refractivity contribution in [3.8, 4) is 11.5 Å². The van der Waals surface area contributed by atoms with E-state index < -0.39 is 5.82 Å². The molecule has 1 heterocycles. The molecule has 2 N–H and O–H groups in total. The van der Waals surface area contributed by atoms with Crippen LogP contribution in [0.5, 0.6) is 11.5 Å². The standard InChI is InChI=1S/C25H31FN4O4/c1-29-21-10-9-19(32-2)13-22(21)30(25(29)31)14-16-4-6-17(7-5-16)15-34-24(28-27)18-8-11-23(33-3)20(26)12-18/h8-13,16-17H,4-7,14-15,27H2,1-3H3/b28-24-. The Labute approximate surface area is 197 Å². The average Bonchev–Trinajstić information content (AvgIpc) is 3.09. The van der Waals surface area contributed by atoms with E-state index >= 15 is 0 Å². The summed E-state index contributed by atoms with van der Waals surface area (Å²) < 4.78 is 33.7. The smallest absolute Gasteiger partial charge is 0.328 e. The van der Waals surface area contributed by atoms with Crippen molar-refractivity contribution in [3.05, 3.63) is 58.3 Å². The third-order valence-electron chi connectivity index (χ3n) is 6.73. The number of hydrazone groups is 1. The summed E-state index contributed by atoms with van der Waals surface area (Å²) in [6.07, 6.45) is 3.94. The second kappa shape index (κ2) is 10.2. The highest BCUT2D eigenvalue weighted by Crippen LogP contribution is 2.31. The van der Waals surface area contributed by atoms with Crippen LogP contribution in [-0.2, 0) is 18.3 Å². The first kappa shape index (κ1) is 23.7. The number of hydrogen-bond donors (Lipinski definition) is 1. The quantitative estimate of drug-likeness (QED) is 0.246. The summed E-state index contributed by atoms with van der Waals surface area (Å²) in [6, 6.07) is 10.2. The summed E-state index contributed by atoms with van der Waals surface area (Å²) >= 11 is 0. The Kier molecular flexibility index (Phi) is 7.09. The van der Waals surface area contributed by atoms with Gasteiger partial charge in [-0.2, -0.15) is 0 Å². The molecule has 9 heteroatoms. The molecule has 4 rings (SSSR count). The number of hydrogen-bond acceptors (Lipinski definition) is 6. The SMILES string of the molecule is COc1ccc2c(c1)n(CC1CCC(CO/C(=N\N)c3ccc(OC)c(F)c3)CC1)c(=O)n2C. The van der Waals surface area contributed by atoms with Crippen molar-refractivity contribution in [2.75, 3.05) is 20.8 Å². The van der Waals surface area contributed by atoms with Crippen molar-refractivity contribution < 1.29 is 18.6 Å². The van der Waals surface area contributed by atoms with Gasteiger partial charge in [-0.05, 0) is 67.9 Å². The molecule has 0 saturated heterocycles. The van der Waals surface area contributed by atoms with Gasteiger partial charge in [0.25, 0.3) is 0 Å². The largest absolute Gasteiger partial charge is 0.497 e. The van der Waals surface area contributed by atoms with Gasteiger partial charge < -0.3 is 20.1 Å². The Hall–Kier alpha value is -3.49. The van der Waals surface area contributed by atoms with Gasteiger partial charge in [-0.3, -0.25) is 9.13 Å². The fraction of sp³-hybridized carbons (Fsp3) is 0.440. The summed E-state index contributed by atoms with van der Waals surface area (Å²) in [7, 11) is 4.84. The van der Waals surface area contributed by atoms with Crippen LogP contribution in [0.3, 0.4) is 0 Å². The van der Waals surface area contributed by atoms with E-state index in [1.54, 1.807) is 24.8 Å². The molecule has 0 spiro atoms. The number of aryl methyl sites for hydroxylation is 1. The lowest BCUT2D eigenvalue weighted by atomic mass is 9.82. The first-order valence-corrected chi connectivity index (χ1v) is 11.4. The van der Waals surface area contributed by atoms with E-state index in [9.17, 15) is 9.18 Å². The predicted octanol–water partition coefficient (Wildman–Crippen LogP) is 3.64. The first-order chi connectivity index (χ1) is 16.4. The number of nitrogens with zero attached hydrogens (tertiary/aromatic N) is 3. The first-order valence-electron chi connectivity index (χ1n) is 11.4. The van der Waals surface area contributed by atoms with Crippen LogP contribution in [0.25, 0.3) is 11.0 Å². The summed E-state index contributed by atoms with van der Waals surface area (Å²) in [5.41, 5.74) is 2.26. The van der Waals surface area contributed by atoms with E-state index in [1.807, 2.05) is 22.8 Å². The molecule has 0 atom stereocenters. The summed E-state index contributed by atoms with van der Waals surface area (Å²) in [4.78, 5) is 12.8. The van der Waals surface area contributed by atoms with Gasteiger partial charge in [-0.1, -0.05) is 0 Å². The van der Waals surface area contributed by atoms with Crippen molar-refractivity contribution in [2.45, 2.75) is 32.2 Å². The molecule has 0 amide bonds. The Morgan fingerprint density at radius 2 is 1.79 bits per heavy atom. The minimum atomic E-state index is -0.494. The molecule has 3 aromatic rings. The van der Waals surface area contributed by atoms with E-state index in [0.29, 0.717) is 30.6 Å². The lowest BCUT2D eigenvalue weighted by Crippen LogP contribution is -2.28. The number of imidazole rings is 1. The van der Waals surface area contributed by atoms with Crippen LogP contribution in [0, 0.1) is 17.7 Å².